The highest BCUT2D eigenvalue weighted by atomic mass is 19.4. The smallest absolute Gasteiger partial charge is 0.400 e. The maximum absolute atomic E-state index is 13.0. The van der Waals surface area contributed by atoms with Gasteiger partial charge in [0.1, 0.15) is 5.56 Å². The van der Waals surface area contributed by atoms with Crippen molar-refractivity contribution < 1.29 is 27.3 Å². The molecule has 1 amide bonds. The number of H-pyrrole nitrogens is 1. The number of nitrogens with one attached hydrogen (secondary N) is 2. The van der Waals surface area contributed by atoms with E-state index in [-0.39, 0.29) is 18.0 Å². The quantitative estimate of drug-likeness (QED) is 0.780. The first-order valence-corrected chi connectivity index (χ1v) is 8.33. The number of rotatable bonds is 4. The van der Waals surface area contributed by atoms with Crippen LogP contribution in [-0.2, 0) is 20.3 Å². The number of amides is 1. The summed E-state index contributed by atoms with van der Waals surface area (Å²) in [6.45, 7) is 8.70. The fraction of sp³-hybridized carbons (Fsp3) is 0.529. The van der Waals surface area contributed by atoms with Crippen LogP contribution in [-0.4, -0.2) is 35.8 Å². The Morgan fingerprint density at radius 2 is 1.81 bits per heavy atom. The van der Waals surface area contributed by atoms with Crippen LogP contribution in [0.1, 0.15) is 45.7 Å². The van der Waals surface area contributed by atoms with Crippen molar-refractivity contribution in [2.24, 2.45) is 0 Å². The summed E-state index contributed by atoms with van der Waals surface area (Å²) in [7, 11) is -0.858. The average molecular weight is 386 g/mol. The largest absolute Gasteiger partial charge is 0.492 e. The highest BCUT2D eigenvalue weighted by Gasteiger charge is 2.52. The lowest BCUT2D eigenvalue weighted by atomic mass is 9.77. The second-order valence-electron chi connectivity index (χ2n) is 7.39. The second kappa shape index (κ2) is 7.16. The molecular weight excluding hydrogens is 364 g/mol. The van der Waals surface area contributed by atoms with E-state index in [1.165, 1.54) is 13.0 Å². The molecule has 1 fully saturated rings. The lowest BCUT2D eigenvalue weighted by molar-refractivity contribution is -0.138. The van der Waals surface area contributed by atoms with Gasteiger partial charge in [0.2, 0.25) is 5.91 Å². The van der Waals surface area contributed by atoms with Crippen molar-refractivity contribution in [3.63, 3.8) is 0 Å². The molecule has 2 N–H and O–H groups in total. The summed E-state index contributed by atoms with van der Waals surface area (Å²) in [6, 6.07) is 0.748. The number of hydrogen-bond acceptors (Lipinski definition) is 4. The minimum atomic E-state index is -4.78. The standard InChI is InChI=1S/C17H22BF3N2O4/c1-10(24)22-9-12(18-26-15(2,3)16(4,5)27-18)6-11-7-13(17(19,20)21)14(25)23-8-11/h6-8H,9H2,1-5H3,(H,22,24)(H,23,25). The zero-order valence-electron chi connectivity index (χ0n) is 15.8. The van der Waals surface area contributed by atoms with Crippen LogP contribution in [0.15, 0.2) is 22.5 Å². The van der Waals surface area contributed by atoms with Crippen LogP contribution in [0.5, 0.6) is 0 Å². The molecule has 2 rings (SSSR count). The fourth-order valence-electron chi connectivity index (χ4n) is 2.43. The van der Waals surface area contributed by atoms with Crippen molar-refractivity contribution in [2.45, 2.75) is 52.0 Å². The monoisotopic (exact) mass is 386 g/mol. The lowest BCUT2D eigenvalue weighted by Gasteiger charge is -2.32. The van der Waals surface area contributed by atoms with Gasteiger partial charge in [-0.15, -0.1) is 0 Å². The van der Waals surface area contributed by atoms with Gasteiger partial charge >= 0.3 is 13.3 Å². The molecule has 0 atom stereocenters. The molecular formula is C17H22BF3N2O4. The van der Waals surface area contributed by atoms with E-state index in [1.807, 2.05) is 27.7 Å². The van der Waals surface area contributed by atoms with E-state index in [0.717, 1.165) is 12.3 Å². The molecule has 6 nitrogen and oxygen atoms in total. The molecule has 0 saturated carbocycles. The Morgan fingerprint density at radius 3 is 2.30 bits per heavy atom. The molecule has 1 aliphatic heterocycles. The topological polar surface area (TPSA) is 80.4 Å². The van der Waals surface area contributed by atoms with Crippen molar-refractivity contribution in [3.8, 4) is 0 Å². The summed E-state index contributed by atoms with van der Waals surface area (Å²) < 4.78 is 50.8. The van der Waals surface area contributed by atoms with Crippen LogP contribution in [0.25, 0.3) is 6.08 Å². The zero-order valence-corrected chi connectivity index (χ0v) is 15.8. The molecule has 1 saturated heterocycles. The summed E-state index contributed by atoms with van der Waals surface area (Å²) in [4.78, 5) is 24.8. The van der Waals surface area contributed by atoms with Gasteiger partial charge < -0.3 is 19.6 Å². The van der Waals surface area contributed by atoms with Gasteiger partial charge in [-0.2, -0.15) is 13.2 Å². The van der Waals surface area contributed by atoms with Gasteiger partial charge in [0.05, 0.1) is 11.2 Å². The molecule has 0 spiro atoms. The number of hydrogen-bond donors (Lipinski definition) is 2. The van der Waals surface area contributed by atoms with E-state index < -0.39 is 35.6 Å². The van der Waals surface area contributed by atoms with Gasteiger partial charge in [-0.25, -0.2) is 0 Å². The Hall–Kier alpha value is -2.07. The number of alkyl halides is 3. The Labute approximate surface area is 155 Å². The van der Waals surface area contributed by atoms with Crippen molar-refractivity contribution in [3.05, 3.63) is 39.2 Å². The van der Waals surface area contributed by atoms with Crippen molar-refractivity contribution >= 4 is 19.1 Å². The Morgan fingerprint density at radius 1 is 1.26 bits per heavy atom. The van der Waals surface area contributed by atoms with Crippen LogP contribution < -0.4 is 10.9 Å². The summed E-state index contributed by atoms with van der Waals surface area (Å²) >= 11 is 0. The summed E-state index contributed by atoms with van der Waals surface area (Å²) in [5, 5.41) is 2.59. The van der Waals surface area contributed by atoms with Crippen LogP contribution >= 0.6 is 0 Å². The molecule has 0 aromatic carbocycles. The molecule has 2 heterocycles. The summed E-state index contributed by atoms with van der Waals surface area (Å²) in [5.74, 6) is -0.310. The van der Waals surface area contributed by atoms with Crippen molar-refractivity contribution in [1.82, 2.24) is 10.3 Å². The first-order valence-electron chi connectivity index (χ1n) is 8.33. The molecule has 0 unspecified atom stereocenters. The number of aromatic amines is 1. The molecule has 1 aromatic heterocycles. The maximum Gasteiger partial charge on any atom is 0.492 e. The molecule has 0 radical (unpaired) electrons. The van der Waals surface area contributed by atoms with Gasteiger partial charge in [-0.05, 0) is 44.8 Å². The third-order valence-electron chi connectivity index (χ3n) is 4.68. The van der Waals surface area contributed by atoms with E-state index in [9.17, 15) is 22.8 Å². The Kier molecular flexibility index (Phi) is 5.63. The van der Waals surface area contributed by atoms with Crippen LogP contribution in [0.2, 0.25) is 0 Å². The zero-order chi connectivity index (χ0) is 20.6. The third-order valence-corrected chi connectivity index (χ3v) is 4.68. The molecule has 148 valence electrons. The number of carbonyl (C=O) groups excluding carboxylic acids is 1. The molecule has 0 bridgehead atoms. The van der Waals surface area contributed by atoms with Gasteiger partial charge in [-0.3, -0.25) is 9.59 Å². The molecule has 0 aliphatic carbocycles. The third kappa shape index (κ3) is 4.81. The van der Waals surface area contributed by atoms with E-state index in [0.29, 0.717) is 5.47 Å². The maximum atomic E-state index is 13.0. The Bertz CT molecular complexity index is 799. The van der Waals surface area contributed by atoms with Crippen LogP contribution in [0.4, 0.5) is 13.2 Å². The van der Waals surface area contributed by atoms with E-state index in [4.69, 9.17) is 9.31 Å². The number of pyridine rings is 1. The van der Waals surface area contributed by atoms with Gasteiger partial charge in [0, 0.05) is 19.7 Å². The predicted octanol–water partition coefficient (Wildman–Crippen LogP) is 2.54. The molecule has 1 aromatic rings. The molecule has 10 heteroatoms. The van der Waals surface area contributed by atoms with Crippen LogP contribution in [0.3, 0.4) is 0 Å². The molecule has 1 aliphatic rings. The van der Waals surface area contributed by atoms with E-state index >= 15 is 0 Å². The molecule has 27 heavy (non-hydrogen) atoms. The van der Waals surface area contributed by atoms with Gasteiger partial charge in [0.25, 0.3) is 5.56 Å². The van der Waals surface area contributed by atoms with E-state index in [2.05, 4.69) is 10.3 Å². The predicted molar refractivity (Wildman–Crippen MR) is 94.8 cm³/mol. The van der Waals surface area contributed by atoms with Gasteiger partial charge in [0.15, 0.2) is 0 Å². The lowest BCUT2D eigenvalue weighted by Crippen LogP contribution is -2.41. The van der Waals surface area contributed by atoms with Crippen molar-refractivity contribution in [2.75, 3.05) is 6.54 Å². The van der Waals surface area contributed by atoms with Crippen molar-refractivity contribution in [1.29, 1.82) is 0 Å². The first-order chi connectivity index (χ1) is 12.2. The van der Waals surface area contributed by atoms with Crippen LogP contribution in [0, 0.1) is 0 Å². The van der Waals surface area contributed by atoms with Gasteiger partial charge in [-0.1, -0.05) is 6.08 Å². The second-order valence-corrected chi connectivity index (χ2v) is 7.39. The number of aromatic nitrogens is 1. The minimum absolute atomic E-state index is 0.0205. The highest BCUT2D eigenvalue weighted by molar-refractivity contribution is 6.56. The fourth-order valence-corrected chi connectivity index (χ4v) is 2.43. The SMILES string of the molecule is CC(=O)NCC(=Cc1c[nH]c(=O)c(C(F)(F)F)c1)B1OC(C)(C)C(C)(C)O1. The number of carbonyl (C=O) groups is 1. The Balaban J connectivity index is 2.43. The summed E-state index contributed by atoms with van der Waals surface area (Å²) in [5.41, 5.74) is -3.31. The van der Waals surface area contributed by atoms with E-state index in [1.54, 1.807) is 0 Å². The summed E-state index contributed by atoms with van der Waals surface area (Å²) in [6.07, 6.45) is -2.21. The number of halogens is 3. The highest BCUT2D eigenvalue weighted by Crippen LogP contribution is 2.38. The normalized spacial score (nSPS) is 19.3. The first kappa shape index (κ1) is 21.2. The average Bonchev–Trinajstić information content (AvgIpc) is 2.72. The minimum Gasteiger partial charge on any atom is -0.400 e.